The van der Waals surface area contributed by atoms with Crippen LogP contribution in [-0.4, -0.2) is 52.5 Å². The van der Waals surface area contributed by atoms with E-state index < -0.39 is 10.0 Å². The lowest BCUT2D eigenvalue weighted by Crippen LogP contribution is -2.47. The van der Waals surface area contributed by atoms with Gasteiger partial charge in [0.1, 0.15) is 5.75 Å². The highest BCUT2D eigenvalue weighted by Crippen LogP contribution is 2.32. The quantitative estimate of drug-likeness (QED) is 0.489. The van der Waals surface area contributed by atoms with Gasteiger partial charge in [0.2, 0.25) is 15.9 Å². The standard InChI is InChI=1S/C25H33ClN2O6S/c1-17(18-10-12-23(33-3)24(14-18)34-4)27-25(29)16-28(19-8-6-5-7-9-19)35(30,31)20-11-13-22(32-2)21(26)15-20/h10-15,17,19H,5-9,16H2,1-4H3,(H,27,29)/t17-/m1/s1. The maximum absolute atomic E-state index is 13.6. The molecule has 10 heteroatoms. The van der Waals surface area contributed by atoms with Gasteiger partial charge in [-0.25, -0.2) is 8.42 Å². The van der Waals surface area contributed by atoms with Crippen LogP contribution < -0.4 is 19.5 Å². The van der Waals surface area contributed by atoms with Crippen molar-refractivity contribution < 1.29 is 27.4 Å². The van der Waals surface area contributed by atoms with Gasteiger partial charge >= 0.3 is 0 Å². The van der Waals surface area contributed by atoms with Gasteiger partial charge in [0.25, 0.3) is 0 Å². The number of nitrogens with one attached hydrogen (secondary N) is 1. The molecule has 1 saturated carbocycles. The highest BCUT2D eigenvalue weighted by molar-refractivity contribution is 7.89. The maximum Gasteiger partial charge on any atom is 0.243 e. The number of benzene rings is 2. The zero-order valence-corrected chi connectivity index (χ0v) is 22.1. The van der Waals surface area contributed by atoms with Gasteiger partial charge in [-0.05, 0) is 55.7 Å². The summed E-state index contributed by atoms with van der Waals surface area (Å²) in [6.07, 6.45) is 4.32. The SMILES string of the molecule is COc1ccc(S(=O)(=O)N(CC(=O)N[C@H](C)c2ccc(OC)c(OC)c2)C2CCCCC2)cc1Cl. The molecule has 0 heterocycles. The fourth-order valence-corrected chi connectivity index (χ4v) is 6.35. The summed E-state index contributed by atoms with van der Waals surface area (Å²) in [5.74, 6) is 1.13. The lowest BCUT2D eigenvalue weighted by atomic mass is 9.95. The summed E-state index contributed by atoms with van der Waals surface area (Å²) in [4.78, 5) is 13.1. The number of amides is 1. The first-order valence-electron chi connectivity index (χ1n) is 11.6. The van der Waals surface area contributed by atoms with Gasteiger partial charge in [0.05, 0.1) is 43.8 Å². The van der Waals surface area contributed by atoms with Crippen LogP contribution in [0, 0.1) is 0 Å². The smallest absolute Gasteiger partial charge is 0.243 e. The first kappa shape index (κ1) is 27.1. The molecule has 0 spiro atoms. The number of carbonyl (C=O) groups excluding carboxylic acids is 1. The lowest BCUT2D eigenvalue weighted by Gasteiger charge is -2.33. The molecule has 1 fully saturated rings. The predicted octanol–water partition coefficient (Wildman–Crippen LogP) is 4.57. The Balaban J connectivity index is 1.83. The van der Waals surface area contributed by atoms with Crippen LogP contribution in [0.5, 0.6) is 17.2 Å². The minimum absolute atomic E-state index is 0.0367. The van der Waals surface area contributed by atoms with Crippen molar-refractivity contribution >= 4 is 27.5 Å². The second-order valence-corrected chi connectivity index (χ2v) is 10.8. The highest BCUT2D eigenvalue weighted by Gasteiger charge is 2.34. The molecule has 0 aliphatic heterocycles. The fourth-order valence-electron chi connectivity index (χ4n) is 4.36. The molecule has 8 nitrogen and oxygen atoms in total. The summed E-state index contributed by atoms with van der Waals surface area (Å²) in [6, 6.07) is 9.12. The third kappa shape index (κ3) is 6.39. The molecule has 1 amide bonds. The van der Waals surface area contributed by atoms with E-state index in [1.54, 1.807) is 26.4 Å². The van der Waals surface area contributed by atoms with Gasteiger partial charge in [-0.2, -0.15) is 4.31 Å². The van der Waals surface area contributed by atoms with Crippen LogP contribution in [0.1, 0.15) is 50.6 Å². The molecule has 35 heavy (non-hydrogen) atoms. The molecule has 1 atom stereocenters. The first-order valence-corrected chi connectivity index (χ1v) is 13.4. The van der Waals surface area contributed by atoms with Gasteiger partial charge in [-0.1, -0.05) is 36.9 Å². The minimum Gasteiger partial charge on any atom is -0.495 e. The van der Waals surface area contributed by atoms with Crippen LogP contribution in [0.2, 0.25) is 5.02 Å². The molecule has 2 aromatic carbocycles. The Labute approximate surface area is 212 Å². The Morgan fingerprint density at radius 1 is 1.00 bits per heavy atom. The van der Waals surface area contributed by atoms with E-state index in [0.717, 1.165) is 24.8 Å². The molecule has 1 aliphatic carbocycles. The topological polar surface area (TPSA) is 94.2 Å². The Hall–Kier alpha value is -2.49. The monoisotopic (exact) mass is 524 g/mol. The second kappa shape index (κ2) is 12.0. The minimum atomic E-state index is -3.97. The summed E-state index contributed by atoms with van der Waals surface area (Å²) in [5, 5.41) is 3.12. The zero-order valence-electron chi connectivity index (χ0n) is 20.5. The van der Waals surface area contributed by atoms with Crippen molar-refractivity contribution in [2.45, 2.75) is 56.0 Å². The first-order chi connectivity index (χ1) is 16.7. The van der Waals surface area contributed by atoms with Crippen LogP contribution in [0.3, 0.4) is 0 Å². The van der Waals surface area contributed by atoms with Crippen LogP contribution in [0.25, 0.3) is 0 Å². The van der Waals surface area contributed by atoms with Crippen LogP contribution in [0.15, 0.2) is 41.3 Å². The molecule has 0 saturated heterocycles. The second-order valence-electron chi connectivity index (χ2n) is 8.54. The molecule has 2 aromatic rings. The Bertz CT molecular complexity index is 1130. The molecule has 0 unspecified atom stereocenters. The highest BCUT2D eigenvalue weighted by atomic mass is 35.5. The summed E-state index contributed by atoms with van der Waals surface area (Å²) in [5.41, 5.74) is 0.810. The van der Waals surface area contributed by atoms with Crippen LogP contribution >= 0.6 is 11.6 Å². The average molecular weight is 525 g/mol. The molecule has 3 rings (SSSR count). The van der Waals surface area contributed by atoms with Gasteiger partial charge in [-0.3, -0.25) is 4.79 Å². The summed E-state index contributed by atoms with van der Waals surface area (Å²) in [6.45, 7) is 1.55. The van der Waals surface area contributed by atoms with Crippen LogP contribution in [0.4, 0.5) is 0 Å². The Morgan fingerprint density at radius 2 is 1.63 bits per heavy atom. The molecule has 1 N–H and O–H groups in total. The number of nitrogens with zero attached hydrogens (tertiary/aromatic N) is 1. The number of hydrogen-bond donors (Lipinski definition) is 1. The van der Waals surface area contributed by atoms with Crippen LogP contribution in [-0.2, 0) is 14.8 Å². The normalized spacial score (nSPS) is 15.5. The van der Waals surface area contributed by atoms with E-state index in [1.807, 2.05) is 13.0 Å². The van der Waals surface area contributed by atoms with E-state index in [4.69, 9.17) is 25.8 Å². The van der Waals surface area contributed by atoms with Crippen molar-refractivity contribution in [1.82, 2.24) is 9.62 Å². The van der Waals surface area contributed by atoms with Crippen molar-refractivity contribution in [2.75, 3.05) is 27.9 Å². The summed E-state index contributed by atoms with van der Waals surface area (Å²) in [7, 11) is 0.598. The summed E-state index contributed by atoms with van der Waals surface area (Å²) < 4.78 is 44.4. The fraction of sp³-hybridized carbons (Fsp3) is 0.480. The predicted molar refractivity (Wildman–Crippen MR) is 135 cm³/mol. The Kier molecular flexibility index (Phi) is 9.27. The number of rotatable bonds is 10. The zero-order chi connectivity index (χ0) is 25.6. The average Bonchev–Trinajstić information content (AvgIpc) is 2.87. The lowest BCUT2D eigenvalue weighted by molar-refractivity contribution is -0.122. The van der Waals surface area contributed by atoms with Gasteiger partial charge < -0.3 is 19.5 Å². The number of hydrogen-bond acceptors (Lipinski definition) is 6. The maximum atomic E-state index is 13.6. The number of ether oxygens (including phenoxy) is 3. The molecule has 0 aromatic heterocycles. The third-order valence-corrected chi connectivity index (χ3v) is 8.49. The van der Waals surface area contributed by atoms with E-state index in [-0.39, 0.29) is 34.5 Å². The summed E-state index contributed by atoms with van der Waals surface area (Å²) >= 11 is 6.21. The van der Waals surface area contributed by atoms with Gasteiger partial charge in [-0.15, -0.1) is 0 Å². The van der Waals surface area contributed by atoms with E-state index in [0.29, 0.717) is 30.1 Å². The molecular formula is C25H33ClN2O6S. The third-order valence-electron chi connectivity index (χ3n) is 6.30. The molecular weight excluding hydrogens is 492 g/mol. The van der Waals surface area contributed by atoms with E-state index in [1.165, 1.54) is 29.6 Å². The van der Waals surface area contributed by atoms with Crippen molar-refractivity contribution in [3.05, 3.63) is 47.0 Å². The molecule has 0 radical (unpaired) electrons. The van der Waals surface area contributed by atoms with E-state index in [2.05, 4.69) is 5.32 Å². The number of sulfonamides is 1. The van der Waals surface area contributed by atoms with E-state index >= 15 is 0 Å². The largest absolute Gasteiger partial charge is 0.495 e. The molecule has 192 valence electrons. The molecule has 1 aliphatic rings. The van der Waals surface area contributed by atoms with Gasteiger partial charge in [0.15, 0.2) is 11.5 Å². The van der Waals surface area contributed by atoms with Crippen molar-refractivity contribution in [3.8, 4) is 17.2 Å². The van der Waals surface area contributed by atoms with Gasteiger partial charge in [0, 0.05) is 6.04 Å². The van der Waals surface area contributed by atoms with E-state index in [9.17, 15) is 13.2 Å². The Morgan fingerprint density at radius 3 is 2.23 bits per heavy atom. The van der Waals surface area contributed by atoms with Crippen molar-refractivity contribution in [2.24, 2.45) is 0 Å². The number of carbonyl (C=O) groups is 1. The number of methoxy groups -OCH3 is 3. The van der Waals surface area contributed by atoms with Crippen molar-refractivity contribution in [3.63, 3.8) is 0 Å². The molecule has 0 bridgehead atoms. The number of halogens is 1. The van der Waals surface area contributed by atoms with Crippen molar-refractivity contribution in [1.29, 1.82) is 0 Å².